The molecule has 3 heteroatoms. The number of benzene rings is 4. The van der Waals surface area contributed by atoms with Crippen molar-refractivity contribution in [2.24, 2.45) is 0 Å². The van der Waals surface area contributed by atoms with Gasteiger partial charge in [0.25, 0.3) is 0 Å². The van der Waals surface area contributed by atoms with Crippen LogP contribution >= 0.6 is 0 Å². The summed E-state index contributed by atoms with van der Waals surface area (Å²) >= 11 is -4.54. The first kappa shape index (κ1) is 27.5. The van der Waals surface area contributed by atoms with Crippen LogP contribution in [0.1, 0.15) is 31.9 Å². The Morgan fingerprint density at radius 2 is 1.35 bits per heavy atom. The molecule has 1 aliphatic rings. The summed E-state index contributed by atoms with van der Waals surface area (Å²) in [5.74, 6) is 12.6. The van der Waals surface area contributed by atoms with Gasteiger partial charge in [-0.05, 0) is 0 Å². The summed E-state index contributed by atoms with van der Waals surface area (Å²) in [7, 11) is 0. The number of hydrogen-bond acceptors (Lipinski definition) is 1. The number of fused-ring (bicyclic) bond motifs is 4. The molecule has 0 aliphatic carbocycles. The van der Waals surface area contributed by atoms with Gasteiger partial charge in [-0.1, -0.05) is 0 Å². The number of rotatable bonds is 3. The molecule has 0 saturated heterocycles. The molecule has 2 heterocycles. The van der Waals surface area contributed by atoms with E-state index in [4.69, 9.17) is 4.98 Å². The van der Waals surface area contributed by atoms with Gasteiger partial charge in [0.15, 0.2) is 0 Å². The molecular formula is C37H41Ge2N. The molecule has 0 N–H and O–H groups in total. The number of aromatic nitrogens is 1. The molecule has 1 aliphatic heterocycles. The van der Waals surface area contributed by atoms with Gasteiger partial charge in [-0.2, -0.15) is 0 Å². The first-order chi connectivity index (χ1) is 18.8. The van der Waals surface area contributed by atoms with Gasteiger partial charge >= 0.3 is 247 Å². The first-order valence-electron chi connectivity index (χ1n) is 14.6. The summed E-state index contributed by atoms with van der Waals surface area (Å²) in [5, 5.41) is 2.64. The fourth-order valence-corrected chi connectivity index (χ4v) is 17.6. The summed E-state index contributed by atoms with van der Waals surface area (Å²) in [6.45, 7) is 9.33. The van der Waals surface area contributed by atoms with Crippen LogP contribution in [0.25, 0.3) is 44.3 Å². The molecule has 0 saturated carbocycles. The Morgan fingerprint density at radius 3 is 2.02 bits per heavy atom. The van der Waals surface area contributed by atoms with Gasteiger partial charge in [0.1, 0.15) is 0 Å². The van der Waals surface area contributed by atoms with Crippen molar-refractivity contribution in [2.75, 3.05) is 0 Å². The van der Waals surface area contributed by atoms with Gasteiger partial charge < -0.3 is 0 Å². The molecule has 0 bridgehead atoms. The van der Waals surface area contributed by atoms with E-state index in [1.54, 1.807) is 8.79 Å². The number of pyridine rings is 1. The van der Waals surface area contributed by atoms with E-state index < -0.39 is 26.5 Å². The summed E-state index contributed by atoms with van der Waals surface area (Å²) in [5.41, 5.74) is 10.9. The molecule has 0 spiro atoms. The van der Waals surface area contributed by atoms with Gasteiger partial charge in [-0.25, -0.2) is 0 Å². The molecular weight excluding hydrogens is 604 g/mol. The predicted molar refractivity (Wildman–Crippen MR) is 181 cm³/mol. The van der Waals surface area contributed by atoms with Gasteiger partial charge in [0, 0.05) is 0 Å². The fourth-order valence-electron chi connectivity index (χ4n) is 6.93. The van der Waals surface area contributed by atoms with Crippen molar-refractivity contribution >= 4 is 50.5 Å². The Bertz CT molecular complexity index is 1780. The second-order valence-electron chi connectivity index (χ2n) is 14.2. The quantitative estimate of drug-likeness (QED) is 0.180. The van der Waals surface area contributed by atoms with Crippen LogP contribution in [0.4, 0.5) is 0 Å². The second-order valence-corrected chi connectivity index (χ2v) is 33.8. The number of hydrogen-bond donors (Lipinski definition) is 0. The van der Waals surface area contributed by atoms with E-state index in [0.717, 1.165) is 0 Å². The topological polar surface area (TPSA) is 12.9 Å². The van der Waals surface area contributed by atoms with E-state index in [9.17, 15) is 0 Å². The zero-order valence-corrected chi connectivity index (χ0v) is 29.7. The second kappa shape index (κ2) is 9.46. The average Bonchev–Trinajstić information content (AvgIpc) is 3.14. The molecule has 0 atom stereocenters. The zero-order chi connectivity index (χ0) is 28.6. The molecule has 1 nitrogen and oxygen atoms in total. The van der Waals surface area contributed by atoms with Crippen molar-refractivity contribution in [1.29, 1.82) is 0 Å². The monoisotopic (exact) mass is 647 g/mol. The molecule has 0 radical (unpaired) electrons. The standard InChI is InChI=1S/C37H41Ge2N/c1-24-29(25-14-16-28(17-15-25)38(5,6)7)18-19-31-32-20-21-40-36(35(32)39(8,9)34(24)31)27-22-26-12-10-11-13-30(26)33(23-27)37(2,3)4/h10-23H,1-9H3. The van der Waals surface area contributed by atoms with E-state index in [0.29, 0.717) is 0 Å². The minimum atomic E-state index is -2.70. The maximum atomic E-state index is 5.12. The number of nitrogens with zero attached hydrogens (tertiary/aromatic N) is 1. The summed E-state index contributed by atoms with van der Waals surface area (Å²) in [6, 6.07) is 30.1. The van der Waals surface area contributed by atoms with E-state index in [-0.39, 0.29) is 5.41 Å². The van der Waals surface area contributed by atoms with Crippen LogP contribution in [-0.4, -0.2) is 31.5 Å². The molecule has 0 amide bonds. The van der Waals surface area contributed by atoms with E-state index >= 15 is 0 Å². The molecule has 40 heavy (non-hydrogen) atoms. The summed E-state index contributed by atoms with van der Waals surface area (Å²) < 4.78 is 4.72. The summed E-state index contributed by atoms with van der Waals surface area (Å²) in [4.78, 5) is 5.12. The van der Waals surface area contributed by atoms with Crippen molar-refractivity contribution in [3.05, 3.63) is 96.2 Å². The van der Waals surface area contributed by atoms with Crippen LogP contribution in [0.5, 0.6) is 0 Å². The molecule has 1 aromatic heterocycles. The maximum absolute atomic E-state index is 5.12. The molecule has 6 rings (SSSR count). The fraction of sp³-hybridized carbons (Fsp3) is 0.270. The normalized spacial score (nSPS) is 14.3. The summed E-state index contributed by atoms with van der Waals surface area (Å²) in [6.07, 6.45) is 2.03. The Kier molecular flexibility index (Phi) is 6.51. The van der Waals surface area contributed by atoms with Crippen LogP contribution in [-0.2, 0) is 5.41 Å². The molecule has 202 valence electrons. The van der Waals surface area contributed by atoms with Crippen molar-refractivity contribution in [1.82, 2.24) is 4.98 Å². The molecule has 0 unspecified atom stereocenters. The predicted octanol–water partition coefficient (Wildman–Crippen LogP) is 8.52. The molecule has 0 fully saturated rings. The zero-order valence-electron chi connectivity index (χ0n) is 25.5. The van der Waals surface area contributed by atoms with Gasteiger partial charge in [-0.15, -0.1) is 0 Å². The van der Waals surface area contributed by atoms with Crippen LogP contribution < -0.4 is 13.2 Å². The SMILES string of the molecule is Cc1c(-c2cc[c]([Ge]([CH3])([CH3])[CH3])cc2)ccc2[c]1[Ge]([CH3])([CH3])[c]1c-2ccnc1-c1cc(C(C)(C)C)c2ccccc2c1. The van der Waals surface area contributed by atoms with Crippen molar-refractivity contribution in [3.63, 3.8) is 0 Å². The van der Waals surface area contributed by atoms with E-state index in [1.165, 1.54) is 59.8 Å². The molecule has 4 aromatic carbocycles. The third-order valence-electron chi connectivity index (χ3n) is 8.96. The van der Waals surface area contributed by atoms with E-state index in [2.05, 4.69) is 135 Å². The Hall–Kier alpha value is -2.62. The van der Waals surface area contributed by atoms with Crippen LogP contribution in [0.15, 0.2) is 85.1 Å². The van der Waals surface area contributed by atoms with Crippen molar-refractivity contribution in [3.8, 4) is 33.5 Å². The van der Waals surface area contributed by atoms with Gasteiger partial charge in [0.2, 0.25) is 0 Å². The van der Waals surface area contributed by atoms with Crippen molar-refractivity contribution < 1.29 is 0 Å². The Morgan fingerprint density at radius 1 is 0.700 bits per heavy atom. The van der Waals surface area contributed by atoms with Gasteiger partial charge in [0.05, 0.1) is 0 Å². The molecule has 5 aromatic rings. The van der Waals surface area contributed by atoms with Crippen molar-refractivity contribution in [2.45, 2.75) is 61.9 Å². The third-order valence-corrected chi connectivity index (χ3v) is 21.0. The first-order valence-corrected chi connectivity index (χ1v) is 28.2. The van der Waals surface area contributed by atoms with Gasteiger partial charge in [-0.3, -0.25) is 0 Å². The Labute approximate surface area is 245 Å². The average molecular weight is 645 g/mol. The Balaban J connectivity index is 1.53. The van der Waals surface area contributed by atoms with E-state index in [1.807, 2.05) is 6.20 Å². The van der Waals surface area contributed by atoms with Crippen LogP contribution in [0.3, 0.4) is 0 Å². The third kappa shape index (κ3) is 4.41. The van der Waals surface area contributed by atoms with Crippen LogP contribution in [0, 0.1) is 6.92 Å². The van der Waals surface area contributed by atoms with Crippen LogP contribution in [0.2, 0.25) is 28.8 Å². The minimum absolute atomic E-state index is 0.0465.